The van der Waals surface area contributed by atoms with Gasteiger partial charge in [0.25, 0.3) is 0 Å². The van der Waals surface area contributed by atoms with Crippen molar-refractivity contribution in [3.05, 3.63) is 17.9 Å². The van der Waals surface area contributed by atoms with Crippen molar-refractivity contribution in [2.24, 2.45) is 5.92 Å². The van der Waals surface area contributed by atoms with Crippen molar-refractivity contribution in [3.63, 3.8) is 0 Å². The molecule has 0 saturated carbocycles. The number of rotatable bonds is 2. The molecule has 0 saturated heterocycles. The van der Waals surface area contributed by atoms with Crippen molar-refractivity contribution in [2.45, 2.75) is 26.9 Å². The van der Waals surface area contributed by atoms with Crippen LogP contribution in [0, 0.1) is 5.92 Å². The highest BCUT2D eigenvalue weighted by Gasteiger charge is 2.08. The fourth-order valence-electron chi connectivity index (χ4n) is 0.523. The molecule has 0 bridgehead atoms. The molecule has 0 aliphatic rings. The molecular weight excluding hydrogens is 112 g/mol. The molecule has 0 spiro atoms. The molecule has 0 aromatic rings. The molecule has 0 amide bonds. The minimum absolute atomic E-state index is 0.183. The summed E-state index contributed by atoms with van der Waals surface area (Å²) in [4.78, 5) is 0. The minimum Gasteiger partial charge on any atom is -0.393 e. The van der Waals surface area contributed by atoms with E-state index in [0.717, 1.165) is 5.57 Å². The molecule has 0 fully saturated rings. The van der Waals surface area contributed by atoms with Crippen LogP contribution in [0.2, 0.25) is 0 Å². The van der Waals surface area contributed by atoms with Gasteiger partial charge in [-0.3, -0.25) is 0 Å². The number of hydrogen-bond donors (Lipinski definition) is 1. The van der Waals surface area contributed by atoms with Gasteiger partial charge in [0.2, 0.25) is 0 Å². The summed E-state index contributed by atoms with van der Waals surface area (Å²) in [5, 5.41) is 9.03. The predicted octanol–water partition coefficient (Wildman–Crippen LogP) is 1.73. The SMILES string of the molecule is C=C=C(C)C(C)C(C)O. The van der Waals surface area contributed by atoms with Crippen molar-refractivity contribution in [2.75, 3.05) is 0 Å². The van der Waals surface area contributed by atoms with Crippen molar-refractivity contribution in [1.29, 1.82) is 0 Å². The van der Waals surface area contributed by atoms with Gasteiger partial charge in [0.15, 0.2) is 0 Å². The van der Waals surface area contributed by atoms with Crippen molar-refractivity contribution >= 4 is 0 Å². The second kappa shape index (κ2) is 3.49. The van der Waals surface area contributed by atoms with Gasteiger partial charge in [-0.1, -0.05) is 13.5 Å². The quantitative estimate of drug-likeness (QED) is 0.559. The van der Waals surface area contributed by atoms with E-state index in [1.165, 1.54) is 0 Å². The Morgan fingerprint density at radius 1 is 1.56 bits per heavy atom. The lowest BCUT2D eigenvalue weighted by molar-refractivity contribution is 0.152. The van der Waals surface area contributed by atoms with Gasteiger partial charge in [0.05, 0.1) is 6.10 Å². The van der Waals surface area contributed by atoms with E-state index in [4.69, 9.17) is 5.11 Å². The highest BCUT2D eigenvalue weighted by molar-refractivity contribution is 5.00. The third-order valence-corrected chi connectivity index (χ3v) is 1.69. The van der Waals surface area contributed by atoms with Crippen LogP contribution in [0.25, 0.3) is 0 Å². The van der Waals surface area contributed by atoms with E-state index in [1.54, 1.807) is 6.92 Å². The molecule has 0 aliphatic heterocycles. The zero-order chi connectivity index (χ0) is 7.44. The Morgan fingerprint density at radius 2 is 2.00 bits per heavy atom. The summed E-state index contributed by atoms with van der Waals surface area (Å²) in [6.07, 6.45) is -0.292. The first-order valence-corrected chi connectivity index (χ1v) is 3.14. The second-order valence-corrected chi connectivity index (χ2v) is 2.39. The number of aliphatic hydroxyl groups is 1. The Hall–Kier alpha value is -0.520. The van der Waals surface area contributed by atoms with Crippen LogP contribution in [0.4, 0.5) is 0 Å². The maximum absolute atomic E-state index is 9.03. The van der Waals surface area contributed by atoms with E-state index in [2.05, 4.69) is 12.3 Å². The maximum atomic E-state index is 9.03. The normalized spacial score (nSPS) is 16.0. The summed E-state index contributed by atoms with van der Waals surface area (Å²) in [6, 6.07) is 0. The predicted molar refractivity (Wildman–Crippen MR) is 39.2 cm³/mol. The first-order chi connectivity index (χ1) is 4.09. The van der Waals surface area contributed by atoms with Gasteiger partial charge in [-0.15, -0.1) is 5.73 Å². The van der Waals surface area contributed by atoms with Gasteiger partial charge in [-0.2, -0.15) is 0 Å². The molecule has 0 radical (unpaired) electrons. The van der Waals surface area contributed by atoms with Crippen LogP contribution in [0.3, 0.4) is 0 Å². The lowest BCUT2D eigenvalue weighted by Crippen LogP contribution is -2.13. The molecule has 1 heteroatoms. The average molecular weight is 126 g/mol. The monoisotopic (exact) mass is 126 g/mol. The van der Waals surface area contributed by atoms with Crippen LogP contribution in [0.15, 0.2) is 17.9 Å². The molecule has 52 valence electrons. The lowest BCUT2D eigenvalue weighted by atomic mass is 9.99. The Labute approximate surface area is 56.7 Å². The molecule has 0 heterocycles. The Balaban J connectivity index is 4.04. The molecule has 1 nitrogen and oxygen atoms in total. The molecule has 2 atom stereocenters. The van der Waals surface area contributed by atoms with Gasteiger partial charge in [0.1, 0.15) is 0 Å². The third kappa shape index (κ3) is 2.50. The van der Waals surface area contributed by atoms with E-state index >= 15 is 0 Å². The standard InChI is InChI=1S/C8H14O/c1-5-6(2)7(3)8(4)9/h7-9H,1H2,2-4H3. The lowest BCUT2D eigenvalue weighted by Gasteiger charge is -2.12. The van der Waals surface area contributed by atoms with Gasteiger partial charge >= 0.3 is 0 Å². The van der Waals surface area contributed by atoms with Crippen LogP contribution < -0.4 is 0 Å². The van der Waals surface area contributed by atoms with Crippen LogP contribution in [0.1, 0.15) is 20.8 Å². The molecular formula is C8H14O. The average Bonchev–Trinajstić information content (AvgIpc) is 1.84. The summed E-state index contributed by atoms with van der Waals surface area (Å²) in [5.74, 6) is 0.183. The van der Waals surface area contributed by atoms with E-state index in [0.29, 0.717) is 0 Å². The molecule has 2 unspecified atom stereocenters. The smallest absolute Gasteiger partial charge is 0.0580 e. The number of hydrogen-bond acceptors (Lipinski definition) is 1. The highest BCUT2D eigenvalue weighted by atomic mass is 16.3. The van der Waals surface area contributed by atoms with Crippen LogP contribution in [-0.2, 0) is 0 Å². The van der Waals surface area contributed by atoms with Gasteiger partial charge in [-0.05, 0) is 19.4 Å². The van der Waals surface area contributed by atoms with Crippen LogP contribution >= 0.6 is 0 Å². The van der Waals surface area contributed by atoms with Crippen LogP contribution in [-0.4, -0.2) is 11.2 Å². The fourth-order valence-corrected chi connectivity index (χ4v) is 0.523. The zero-order valence-corrected chi connectivity index (χ0v) is 6.31. The third-order valence-electron chi connectivity index (χ3n) is 1.69. The Morgan fingerprint density at radius 3 is 2.11 bits per heavy atom. The molecule has 9 heavy (non-hydrogen) atoms. The van der Waals surface area contributed by atoms with Crippen molar-refractivity contribution in [3.8, 4) is 0 Å². The van der Waals surface area contributed by atoms with E-state index < -0.39 is 0 Å². The van der Waals surface area contributed by atoms with Gasteiger partial charge in [-0.25, -0.2) is 0 Å². The summed E-state index contributed by atoms with van der Waals surface area (Å²) in [6.45, 7) is 9.14. The summed E-state index contributed by atoms with van der Waals surface area (Å²) in [5.41, 5.74) is 3.77. The minimum atomic E-state index is -0.292. The van der Waals surface area contributed by atoms with E-state index in [1.807, 2.05) is 13.8 Å². The Bertz CT molecular complexity index is 130. The van der Waals surface area contributed by atoms with Gasteiger partial charge < -0.3 is 5.11 Å². The molecule has 1 N–H and O–H groups in total. The largest absolute Gasteiger partial charge is 0.393 e. The topological polar surface area (TPSA) is 20.2 Å². The number of aliphatic hydroxyl groups excluding tert-OH is 1. The molecule has 0 rings (SSSR count). The fraction of sp³-hybridized carbons (Fsp3) is 0.625. The van der Waals surface area contributed by atoms with E-state index in [-0.39, 0.29) is 12.0 Å². The van der Waals surface area contributed by atoms with Crippen molar-refractivity contribution < 1.29 is 5.11 Å². The van der Waals surface area contributed by atoms with E-state index in [9.17, 15) is 0 Å². The summed E-state index contributed by atoms with van der Waals surface area (Å²) >= 11 is 0. The molecule has 0 aromatic carbocycles. The zero-order valence-electron chi connectivity index (χ0n) is 6.31. The molecule has 0 aliphatic carbocycles. The van der Waals surface area contributed by atoms with Crippen molar-refractivity contribution in [1.82, 2.24) is 0 Å². The van der Waals surface area contributed by atoms with Crippen LogP contribution in [0.5, 0.6) is 0 Å². The maximum Gasteiger partial charge on any atom is 0.0580 e. The van der Waals surface area contributed by atoms with Gasteiger partial charge in [0, 0.05) is 5.92 Å². The second-order valence-electron chi connectivity index (χ2n) is 2.39. The first kappa shape index (κ1) is 8.48. The summed E-state index contributed by atoms with van der Waals surface area (Å²) in [7, 11) is 0. The first-order valence-electron chi connectivity index (χ1n) is 3.14. The Kier molecular flexibility index (Phi) is 3.29. The highest BCUT2D eigenvalue weighted by Crippen LogP contribution is 2.11. The molecule has 0 aromatic heterocycles. The summed E-state index contributed by atoms with van der Waals surface area (Å²) < 4.78 is 0.